The molecule has 1 aliphatic rings. The lowest BCUT2D eigenvalue weighted by Gasteiger charge is -2.18. The molecule has 7 heteroatoms. The highest BCUT2D eigenvalue weighted by Gasteiger charge is 2.21. The lowest BCUT2D eigenvalue weighted by Crippen LogP contribution is -2.33. The van der Waals surface area contributed by atoms with Crippen molar-refractivity contribution < 1.29 is 14.3 Å². The minimum absolute atomic E-state index is 0.0695. The third-order valence-corrected chi connectivity index (χ3v) is 4.23. The summed E-state index contributed by atoms with van der Waals surface area (Å²) in [5, 5.41) is 10.3. The van der Waals surface area contributed by atoms with Gasteiger partial charge in [-0.3, -0.25) is 10.00 Å². The van der Waals surface area contributed by atoms with E-state index in [1.54, 1.807) is 18.8 Å². The lowest BCUT2D eigenvalue weighted by atomic mass is 10.0. The van der Waals surface area contributed by atoms with Crippen molar-refractivity contribution in [2.45, 2.75) is 25.3 Å². The predicted octanol–water partition coefficient (Wildman–Crippen LogP) is 2.64. The molecule has 1 aliphatic heterocycles. The topological polar surface area (TPSA) is 77.4 Å². The number of methoxy groups -OCH3 is 1. The molecule has 0 bridgehead atoms. The van der Waals surface area contributed by atoms with Crippen LogP contribution in [0.1, 0.15) is 30.1 Å². The second-order valence-electron chi connectivity index (χ2n) is 6.07. The van der Waals surface area contributed by atoms with E-state index in [9.17, 15) is 4.79 Å². The maximum atomic E-state index is 12.4. The minimum Gasteiger partial charge on any atom is -0.493 e. The van der Waals surface area contributed by atoms with E-state index in [2.05, 4.69) is 15.7 Å². The molecule has 2 amide bonds. The molecule has 2 N–H and O–H groups in total. The molecular weight excluding hydrogens is 320 g/mol. The van der Waals surface area contributed by atoms with Crippen molar-refractivity contribution in [1.29, 1.82) is 0 Å². The molecule has 0 saturated carbocycles. The van der Waals surface area contributed by atoms with Gasteiger partial charge < -0.3 is 14.8 Å². The molecule has 1 atom stereocenters. The van der Waals surface area contributed by atoms with Crippen LogP contribution in [0.5, 0.6) is 5.75 Å². The van der Waals surface area contributed by atoms with Gasteiger partial charge in [-0.1, -0.05) is 18.2 Å². The molecule has 0 radical (unpaired) electrons. The molecule has 134 valence electrons. The number of amides is 2. The van der Waals surface area contributed by atoms with Crippen molar-refractivity contribution in [2.24, 2.45) is 7.05 Å². The monoisotopic (exact) mass is 344 g/mol. The number of nitrogens with zero attached hydrogens (tertiary/aromatic N) is 2. The van der Waals surface area contributed by atoms with Gasteiger partial charge in [0.2, 0.25) is 0 Å². The van der Waals surface area contributed by atoms with Gasteiger partial charge in [0.25, 0.3) is 0 Å². The van der Waals surface area contributed by atoms with Crippen LogP contribution in [-0.2, 0) is 18.2 Å². The summed E-state index contributed by atoms with van der Waals surface area (Å²) in [5.41, 5.74) is 1.90. The second kappa shape index (κ2) is 8.02. The molecule has 1 aromatic carbocycles. The molecule has 7 nitrogen and oxygen atoms in total. The van der Waals surface area contributed by atoms with Gasteiger partial charge in [0, 0.05) is 32.2 Å². The first kappa shape index (κ1) is 17.3. The van der Waals surface area contributed by atoms with Gasteiger partial charge in [-0.15, -0.1) is 0 Å². The summed E-state index contributed by atoms with van der Waals surface area (Å²) in [6, 6.07) is 9.39. The Kier molecular flexibility index (Phi) is 5.55. The van der Waals surface area contributed by atoms with Crippen LogP contribution < -0.4 is 15.4 Å². The van der Waals surface area contributed by atoms with E-state index in [-0.39, 0.29) is 12.1 Å². The van der Waals surface area contributed by atoms with Crippen LogP contribution in [0.4, 0.5) is 10.6 Å². The van der Waals surface area contributed by atoms with Crippen molar-refractivity contribution >= 4 is 11.8 Å². The van der Waals surface area contributed by atoms with E-state index in [0.717, 1.165) is 29.8 Å². The Morgan fingerprint density at radius 2 is 2.28 bits per heavy atom. The molecule has 2 heterocycles. The SMILES string of the molecule is COCCc1cc(NC(=O)N[C@@H]2CCCOc3ccccc32)n(C)n1. The number of nitrogens with one attached hydrogen (secondary N) is 2. The van der Waals surface area contributed by atoms with E-state index in [0.29, 0.717) is 25.5 Å². The number of anilines is 1. The highest BCUT2D eigenvalue weighted by molar-refractivity contribution is 5.88. The van der Waals surface area contributed by atoms with Crippen molar-refractivity contribution in [3.05, 3.63) is 41.6 Å². The van der Waals surface area contributed by atoms with Gasteiger partial charge in [0.1, 0.15) is 11.6 Å². The molecule has 2 aromatic rings. The van der Waals surface area contributed by atoms with E-state index < -0.39 is 0 Å². The zero-order valence-corrected chi connectivity index (χ0v) is 14.6. The fourth-order valence-corrected chi connectivity index (χ4v) is 2.96. The molecule has 3 rings (SSSR count). The standard InChI is InChI=1S/C18H24N4O3/c1-22-17(12-13(21-22)9-11-24-2)20-18(23)19-15-7-5-10-25-16-8-4-3-6-14(15)16/h3-4,6,8,12,15H,5,7,9-11H2,1-2H3,(H2,19,20,23)/t15-/m1/s1. The van der Waals surface area contributed by atoms with Gasteiger partial charge in [0.15, 0.2) is 0 Å². The number of aryl methyl sites for hydroxylation is 1. The molecule has 25 heavy (non-hydrogen) atoms. The first-order valence-corrected chi connectivity index (χ1v) is 8.48. The van der Waals surface area contributed by atoms with Gasteiger partial charge in [0.05, 0.1) is 24.9 Å². The highest BCUT2D eigenvalue weighted by Crippen LogP contribution is 2.31. The molecule has 0 unspecified atom stereocenters. The summed E-state index contributed by atoms with van der Waals surface area (Å²) >= 11 is 0. The Bertz CT molecular complexity index is 729. The largest absolute Gasteiger partial charge is 0.493 e. The number of hydrogen-bond acceptors (Lipinski definition) is 4. The van der Waals surface area contributed by atoms with E-state index in [4.69, 9.17) is 9.47 Å². The number of urea groups is 1. The summed E-state index contributed by atoms with van der Waals surface area (Å²) in [5.74, 6) is 1.49. The van der Waals surface area contributed by atoms with Crippen molar-refractivity contribution in [1.82, 2.24) is 15.1 Å². The van der Waals surface area contributed by atoms with Crippen LogP contribution in [0.25, 0.3) is 0 Å². The molecular formula is C18H24N4O3. The van der Waals surface area contributed by atoms with Crippen LogP contribution in [0.3, 0.4) is 0 Å². The average Bonchev–Trinajstić information content (AvgIpc) is 2.82. The van der Waals surface area contributed by atoms with Crippen LogP contribution in [-0.4, -0.2) is 36.1 Å². The van der Waals surface area contributed by atoms with E-state index in [1.807, 2.05) is 30.3 Å². The van der Waals surface area contributed by atoms with Gasteiger partial charge >= 0.3 is 6.03 Å². The number of rotatable bonds is 5. The Hall–Kier alpha value is -2.54. The van der Waals surface area contributed by atoms with Gasteiger partial charge in [-0.05, 0) is 18.9 Å². The Morgan fingerprint density at radius 3 is 3.12 bits per heavy atom. The smallest absolute Gasteiger partial charge is 0.320 e. The Morgan fingerprint density at radius 1 is 1.44 bits per heavy atom. The number of aromatic nitrogens is 2. The maximum absolute atomic E-state index is 12.4. The molecule has 0 fully saturated rings. The van der Waals surface area contributed by atoms with Crippen molar-refractivity contribution in [3.63, 3.8) is 0 Å². The summed E-state index contributed by atoms with van der Waals surface area (Å²) in [6.45, 7) is 1.27. The summed E-state index contributed by atoms with van der Waals surface area (Å²) in [7, 11) is 3.46. The third-order valence-electron chi connectivity index (χ3n) is 4.23. The molecule has 0 spiro atoms. The normalized spacial score (nSPS) is 16.5. The second-order valence-corrected chi connectivity index (χ2v) is 6.07. The highest BCUT2D eigenvalue weighted by atomic mass is 16.5. The summed E-state index contributed by atoms with van der Waals surface area (Å²) in [4.78, 5) is 12.4. The number of carbonyl (C=O) groups excluding carboxylic acids is 1. The number of ether oxygens (including phenoxy) is 2. The number of fused-ring (bicyclic) bond motifs is 1. The lowest BCUT2D eigenvalue weighted by molar-refractivity contribution is 0.201. The first-order chi connectivity index (χ1) is 12.2. The zero-order valence-electron chi connectivity index (χ0n) is 14.6. The fraction of sp³-hybridized carbons (Fsp3) is 0.444. The van der Waals surface area contributed by atoms with E-state index in [1.165, 1.54) is 0 Å². The van der Waals surface area contributed by atoms with E-state index >= 15 is 0 Å². The molecule has 0 aliphatic carbocycles. The van der Waals surface area contributed by atoms with Crippen molar-refractivity contribution in [2.75, 3.05) is 25.6 Å². The maximum Gasteiger partial charge on any atom is 0.320 e. The third kappa shape index (κ3) is 4.30. The minimum atomic E-state index is -0.247. The number of carbonyl (C=O) groups is 1. The van der Waals surface area contributed by atoms with Gasteiger partial charge in [-0.2, -0.15) is 5.10 Å². The van der Waals surface area contributed by atoms with Crippen LogP contribution in [0.15, 0.2) is 30.3 Å². The van der Waals surface area contributed by atoms with Crippen molar-refractivity contribution in [3.8, 4) is 5.75 Å². The number of para-hydroxylation sites is 1. The first-order valence-electron chi connectivity index (χ1n) is 8.48. The summed E-state index contributed by atoms with van der Waals surface area (Å²) in [6.07, 6.45) is 2.45. The number of benzene rings is 1. The quantitative estimate of drug-likeness (QED) is 0.874. The van der Waals surface area contributed by atoms with Gasteiger partial charge in [-0.25, -0.2) is 4.79 Å². The van der Waals surface area contributed by atoms with Crippen LogP contribution >= 0.6 is 0 Å². The molecule has 0 saturated heterocycles. The molecule has 1 aromatic heterocycles. The van der Waals surface area contributed by atoms with Crippen LogP contribution in [0.2, 0.25) is 0 Å². The average molecular weight is 344 g/mol. The van der Waals surface area contributed by atoms with Crippen LogP contribution in [0, 0.1) is 0 Å². The zero-order chi connectivity index (χ0) is 17.6. The Balaban J connectivity index is 1.66. The predicted molar refractivity (Wildman–Crippen MR) is 94.9 cm³/mol. The fourth-order valence-electron chi connectivity index (χ4n) is 2.96. The Labute approximate surface area is 147 Å². The summed E-state index contributed by atoms with van der Waals surface area (Å²) < 4.78 is 12.5. The number of hydrogen-bond donors (Lipinski definition) is 2.